The molecule has 3 N–H and O–H groups in total. The fraction of sp³-hybridized carbons (Fsp3) is 0.500. The fourth-order valence-corrected chi connectivity index (χ4v) is 2.23. The van der Waals surface area contributed by atoms with Crippen LogP contribution in [0.4, 0.5) is 0 Å². The van der Waals surface area contributed by atoms with E-state index < -0.39 is 0 Å². The van der Waals surface area contributed by atoms with Crippen LogP contribution in [0.5, 0.6) is 0 Å². The Hall–Kier alpha value is -1.10. The van der Waals surface area contributed by atoms with E-state index in [2.05, 4.69) is 10.6 Å². The van der Waals surface area contributed by atoms with Crippen molar-refractivity contribution in [1.29, 1.82) is 0 Å². The van der Waals surface area contributed by atoms with Gasteiger partial charge in [-0.2, -0.15) is 0 Å². The second kappa shape index (κ2) is 8.15. The highest BCUT2D eigenvalue weighted by Crippen LogP contribution is 2.08. The molecule has 1 atom stereocenters. The Bertz CT molecular complexity index is 406. The van der Waals surface area contributed by atoms with E-state index in [-0.39, 0.29) is 31.0 Å². The van der Waals surface area contributed by atoms with Gasteiger partial charge in [-0.05, 0) is 30.5 Å². The molecule has 0 aliphatic carbocycles. The number of carbonyl (C=O) groups excluding carboxylic acids is 1. The zero-order chi connectivity index (χ0) is 12.8. The fourth-order valence-electron chi connectivity index (χ4n) is 2.23. The van der Waals surface area contributed by atoms with Crippen molar-refractivity contribution in [2.45, 2.75) is 38.5 Å². The maximum absolute atomic E-state index is 11.9. The average molecular weight is 285 g/mol. The highest BCUT2D eigenvalue weighted by Gasteiger charge is 2.19. The summed E-state index contributed by atoms with van der Waals surface area (Å²) in [6, 6.07) is 7.59. The number of benzene rings is 1. The van der Waals surface area contributed by atoms with Crippen LogP contribution in [0.1, 0.15) is 30.4 Å². The third-order valence-corrected chi connectivity index (χ3v) is 3.27. The Balaban J connectivity index is 0.00000180. The molecule has 0 saturated carbocycles. The van der Waals surface area contributed by atoms with Crippen LogP contribution in [0.25, 0.3) is 0 Å². The van der Waals surface area contributed by atoms with Crippen molar-refractivity contribution in [2.24, 2.45) is 0 Å². The Morgan fingerprint density at radius 3 is 2.84 bits per heavy atom. The first-order valence-corrected chi connectivity index (χ1v) is 6.49. The first-order chi connectivity index (χ1) is 8.79. The molecule has 1 unspecified atom stereocenters. The molecule has 2 rings (SSSR count). The molecule has 1 aliphatic rings. The minimum Gasteiger partial charge on any atom is -0.392 e. The number of piperidine rings is 1. The number of amides is 1. The number of carbonyl (C=O) groups is 1. The van der Waals surface area contributed by atoms with Crippen molar-refractivity contribution >= 4 is 18.3 Å². The lowest BCUT2D eigenvalue weighted by Crippen LogP contribution is -2.46. The monoisotopic (exact) mass is 284 g/mol. The zero-order valence-electron chi connectivity index (χ0n) is 10.9. The maximum atomic E-state index is 11.9. The van der Waals surface area contributed by atoms with E-state index in [1.54, 1.807) is 0 Å². The van der Waals surface area contributed by atoms with Crippen molar-refractivity contribution in [2.75, 3.05) is 6.54 Å². The van der Waals surface area contributed by atoms with Gasteiger partial charge >= 0.3 is 0 Å². The molecule has 1 amide bonds. The summed E-state index contributed by atoms with van der Waals surface area (Å²) in [4.78, 5) is 11.9. The number of nitrogens with one attached hydrogen (secondary N) is 2. The van der Waals surface area contributed by atoms with E-state index in [1.807, 2.05) is 24.3 Å². The molecule has 1 heterocycles. The Labute approximate surface area is 120 Å². The van der Waals surface area contributed by atoms with Crippen molar-refractivity contribution in [3.8, 4) is 0 Å². The van der Waals surface area contributed by atoms with Gasteiger partial charge in [0.25, 0.3) is 0 Å². The predicted octanol–water partition coefficient (Wildman–Crippen LogP) is 1.36. The van der Waals surface area contributed by atoms with Crippen molar-refractivity contribution in [3.05, 3.63) is 35.4 Å². The molecule has 106 valence electrons. The van der Waals surface area contributed by atoms with E-state index in [0.29, 0.717) is 6.54 Å². The van der Waals surface area contributed by atoms with Crippen LogP contribution in [-0.2, 0) is 17.9 Å². The second-order valence-electron chi connectivity index (χ2n) is 4.70. The zero-order valence-corrected chi connectivity index (χ0v) is 11.7. The second-order valence-corrected chi connectivity index (χ2v) is 4.70. The van der Waals surface area contributed by atoms with Gasteiger partial charge in [0.05, 0.1) is 12.6 Å². The van der Waals surface area contributed by atoms with Crippen LogP contribution in [0, 0.1) is 0 Å². The molecule has 1 fully saturated rings. The van der Waals surface area contributed by atoms with Gasteiger partial charge < -0.3 is 15.7 Å². The van der Waals surface area contributed by atoms with Gasteiger partial charge in [-0.1, -0.05) is 30.7 Å². The maximum Gasteiger partial charge on any atom is 0.237 e. The molecule has 1 aliphatic heterocycles. The first-order valence-electron chi connectivity index (χ1n) is 6.49. The standard InChI is InChI=1S/C14H20N2O2.ClH/c17-10-12-5-3-4-11(8-12)9-16-14(18)13-6-1-2-7-15-13;/h3-5,8,13,15,17H,1-2,6-7,9-10H2,(H,16,18);1H. The molecular formula is C14H21ClN2O2. The molecule has 1 aromatic rings. The summed E-state index contributed by atoms with van der Waals surface area (Å²) in [5.41, 5.74) is 1.89. The molecule has 0 bridgehead atoms. The van der Waals surface area contributed by atoms with Gasteiger partial charge in [0.15, 0.2) is 0 Å². The van der Waals surface area contributed by atoms with Crippen LogP contribution in [0.3, 0.4) is 0 Å². The SMILES string of the molecule is Cl.O=C(NCc1cccc(CO)c1)C1CCCCN1. The van der Waals surface area contributed by atoms with Crippen molar-refractivity contribution in [1.82, 2.24) is 10.6 Å². The lowest BCUT2D eigenvalue weighted by molar-refractivity contribution is -0.123. The third kappa shape index (κ3) is 4.82. The van der Waals surface area contributed by atoms with E-state index in [0.717, 1.165) is 36.9 Å². The van der Waals surface area contributed by atoms with Gasteiger partial charge in [0, 0.05) is 6.54 Å². The summed E-state index contributed by atoms with van der Waals surface area (Å²) in [7, 11) is 0. The summed E-state index contributed by atoms with van der Waals surface area (Å²) >= 11 is 0. The minimum atomic E-state index is -0.0419. The summed E-state index contributed by atoms with van der Waals surface area (Å²) in [5.74, 6) is 0.0732. The summed E-state index contributed by atoms with van der Waals surface area (Å²) in [6.07, 6.45) is 3.19. The number of aliphatic hydroxyl groups is 1. The highest BCUT2D eigenvalue weighted by atomic mass is 35.5. The van der Waals surface area contributed by atoms with E-state index in [9.17, 15) is 4.79 Å². The predicted molar refractivity (Wildman–Crippen MR) is 77.1 cm³/mol. The molecule has 1 aromatic carbocycles. The van der Waals surface area contributed by atoms with Gasteiger partial charge in [-0.15, -0.1) is 12.4 Å². The summed E-state index contributed by atoms with van der Waals surface area (Å²) in [6.45, 7) is 1.48. The first kappa shape index (κ1) is 16.0. The van der Waals surface area contributed by atoms with Crippen LogP contribution in [0.2, 0.25) is 0 Å². The van der Waals surface area contributed by atoms with E-state index >= 15 is 0 Å². The molecule has 0 radical (unpaired) electrons. The molecule has 5 heteroatoms. The normalized spacial score (nSPS) is 18.5. The highest BCUT2D eigenvalue weighted by molar-refractivity contribution is 5.85. The number of halogens is 1. The lowest BCUT2D eigenvalue weighted by Gasteiger charge is -2.22. The average Bonchev–Trinajstić information content (AvgIpc) is 2.46. The topological polar surface area (TPSA) is 61.4 Å². The quantitative estimate of drug-likeness (QED) is 0.782. The molecule has 0 spiro atoms. The number of aliphatic hydroxyl groups excluding tert-OH is 1. The lowest BCUT2D eigenvalue weighted by atomic mass is 10.0. The van der Waals surface area contributed by atoms with E-state index in [1.165, 1.54) is 0 Å². The van der Waals surface area contributed by atoms with Crippen LogP contribution >= 0.6 is 12.4 Å². The van der Waals surface area contributed by atoms with Crippen LogP contribution in [0.15, 0.2) is 24.3 Å². The van der Waals surface area contributed by atoms with Crippen molar-refractivity contribution in [3.63, 3.8) is 0 Å². The number of rotatable bonds is 4. The summed E-state index contributed by atoms with van der Waals surface area (Å²) < 4.78 is 0. The van der Waals surface area contributed by atoms with Crippen LogP contribution in [-0.4, -0.2) is 23.6 Å². The van der Waals surface area contributed by atoms with Crippen molar-refractivity contribution < 1.29 is 9.90 Å². The van der Waals surface area contributed by atoms with Crippen LogP contribution < -0.4 is 10.6 Å². The molecule has 1 saturated heterocycles. The summed E-state index contributed by atoms with van der Waals surface area (Å²) in [5, 5.41) is 15.2. The minimum absolute atomic E-state index is 0. The van der Waals surface area contributed by atoms with Gasteiger partial charge in [0.1, 0.15) is 0 Å². The molecular weight excluding hydrogens is 264 g/mol. The van der Waals surface area contributed by atoms with Gasteiger partial charge in [0.2, 0.25) is 5.91 Å². The Morgan fingerprint density at radius 2 is 2.16 bits per heavy atom. The largest absolute Gasteiger partial charge is 0.392 e. The Morgan fingerprint density at radius 1 is 1.37 bits per heavy atom. The molecule has 0 aromatic heterocycles. The Kier molecular flexibility index (Phi) is 6.84. The van der Waals surface area contributed by atoms with Gasteiger partial charge in [-0.3, -0.25) is 4.79 Å². The number of hydrogen-bond donors (Lipinski definition) is 3. The number of hydrogen-bond acceptors (Lipinski definition) is 3. The molecule has 19 heavy (non-hydrogen) atoms. The molecule has 4 nitrogen and oxygen atoms in total. The van der Waals surface area contributed by atoms with Gasteiger partial charge in [-0.25, -0.2) is 0 Å². The smallest absolute Gasteiger partial charge is 0.237 e. The third-order valence-electron chi connectivity index (χ3n) is 3.27. The van der Waals surface area contributed by atoms with E-state index in [4.69, 9.17) is 5.11 Å².